The molecule has 1 saturated heterocycles. The van der Waals surface area contributed by atoms with Gasteiger partial charge < -0.3 is 25.2 Å². The number of ether oxygens (including phenoxy) is 1. The van der Waals surface area contributed by atoms with Gasteiger partial charge in [0.15, 0.2) is 0 Å². The molecule has 0 amide bonds. The van der Waals surface area contributed by atoms with Crippen molar-refractivity contribution in [3.05, 3.63) is 23.2 Å². The van der Waals surface area contributed by atoms with Crippen molar-refractivity contribution < 1.29 is 4.74 Å². The average molecular weight is 462 g/mol. The minimum atomic E-state index is 0.236. The second-order valence-electron chi connectivity index (χ2n) is 8.36. The summed E-state index contributed by atoms with van der Waals surface area (Å²) < 4.78 is 5.35. The molecule has 1 aliphatic rings. The van der Waals surface area contributed by atoms with Crippen LogP contribution < -0.4 is 20.3 Å². The summed E-state index contributed by atoms with van der Waals surface area (Å²) in [6.45, 7) is 8.15. The molecule has 2 heterocycles. The molecule has 0 aliphatic carbocycles. The fourth-order valence-corrected chi connectivity index (χ4v) is 4.35. The molecule has 8 nitrogen and oxygen atoms in total. The van der Waals surface area contributed by atoms with Gasteiger partial charge in [0.05, 0.1) is 12.1 Å². The highest BCUT2D eigenvalue weighted by molar-refractivity contribution is 6.32. The topological polar surface area (TPSA) is 83.6 Å². The highest BCUT2D eigenvalue weighted by atomic mass is 35.5. The van der Waals surface area contributed by atoms with E-state index in [1.165, 1.54) is 0 Å². The van der Waals surface area contributed by atoms with E-state index in [1.54, 1.807) is 7.11 Å². The van der Waals surface area contributed by atoms with Crippen molar-refractivity contribution in [3.8, 4) is 5.75 Å². The van der Waals surface area contributed by atoms with Crippen molar-refractivity contribution >= 4 is 35.1 Å². The number of piperidine rings is 1. The fraction of sp³-hybridized carbons (Fsp3) is 0.609. The summed E-state index contributed by atoms with van der Waals surface area (Å²) in [7, 11) is 3.77. The van der Waals surface area contributed by atoms with Crippen LogP contribution in [0, 0.1) is 0 Å². The van der Waals surface area contributed by atoms with Crippen molar-refractivity contribution in [2.75, 3.05) is 55.9 Å². The third-order valence-electron chi connectivity index (χ3n) is 5.87. The second-order valence-corrected chi connectivity index (χ2v) is 8.76. The van der Waals surface area contributed by atoms with Crippen molar-refractivity contribution in [2.45, 2.75) is 52.0 Å². The zero-order chi connectivity index (χ0) is 23.1. The van der Waals surface area contributed by atoms with Gasteiger partial charge in [0.2, 0.25) is 17.8 Å². The number of anilines is 4. The Morgan fingerprint density at radius 3 is 2.44 bits per heavy atom. The average Bonchev–Trinajstić information content (AvgIpc) is 2.78. The van der Waals surface area contributed by atoms with Gasteiger partial charge in [-0.05, 0) is 64.0 Å². The number of aromatic nitrogens is 3. The Morgan fingerprint density at radius 1 is 1.09 bits per heavy atom. The maximum atomic E-state index is 6.49. The van der Waals surface area contributed by atoms with E-state index in [2.05, 4.69) is 45.6 Å². The van der Waals surface area contributed by atoms with Crippen LogP contribution in [0.3, 0.4) is 0 Å². The van der Waals surface area contributed by atoms with Crippen molar-refractivity contribution in [3.63, 3.8) is 0 Å². The number of nitrogens with two attached hydrogens (primary N) is 1. The number of likely N-dealkylation sites (tertiary alicyclic amines) is 1. The number of halogens is 1. The molecule has 1 aliphatic heterocycles. The number of nitrogens with zero attached hydrogens (tertiary/aromatic N) is 6. The lowest BCUT2D eigenvalue weighted by atomic mass is 10.0. The number of hydrogen-bond donors (Lipinski definition) is 1. The Hall–Kier alpha value is -2.32. The molecule has 1 fully saturated rings. The number of benzene rings is 1. The van der Waals surface area contributed by atoms with E-state index >= 15 is 0 Å². The minimum absolute atomic E-state index is 0.236. The van der Waals surface area contributed by atoms with Crippen molar-refractivity contribution in [1.82, 2.24) is 19.9 Å². The molecule has 0 bridgehead atoms. The minimum Gasteiger partial charge on any atom is -0.495 e. The van der Waals surface area contributed by atoms with E-state index in [0.29, 0.717) is 22.7 Å². The third kappa shape index (κ3) is 5.92. The molecule has 0 saturated carbocycles. The zero-order valence-corrected chi connectivity index (χ0v) is 20.5. The first-order valence-electron chi connectivity index (χ1n) is 11.5. The van der Waals surface area contributed by atoms with Gasteiger partial charge in [-0.15, -0.1) is 0 Å². The van der Waals surface area contributed by atoms with Crippen LogP contribution in [0.2, 0.25) is 5.02 Å². The molecule has 176 valence electrons. The third-order valence-corrected chi connectivity index (χ3v) is 6.16. The number of rotatable bonds is 10. The summed E-state index contributed by atoms with van der Waals surface area (Å²) >= 11 is 6.49. The summed E-state index contributed by atoms with van der Waals surface area (Å²) in [5, 5.41) is 0.556. The largest absolute Gasteiger partial charge is 0.495 e. The second kappa shape index (κ2) is 11.5. The Bertz CT molecular complexity index is 873. The summed E-state index contributed by atoms with van der Waals surface area (Å²) in [4.78, 5) is 20.7. The van der Waals surface area contributed by atoms with Gasteiger partial charge in [0.1, 0.15) is 5.75 Å². The molecule has 1 aromatic heterocycles. The van der Waals surface area contributed by atoms with E-state index in [0.717, 1.165) is 64.0 Å². The first-order chi connectivity index (χ1) is 15.5. The van der Waals surface area contributed by atoms with Crippen LogP contribution >= 0.6 is 11.6 Å². The summed E-state index contributed by atoms with van der Waals surface area (Å²) in [5.74, 6) is 2.09. The lowest BCUT2D eigenvalue weighted by Gasteiger charge is -2.37. The molecular weight excluding hydrogens is 426 g/mol. The van der Waals surface area contributed by atoms with Gasteiger partial charge >= 0.3 is 0 Å². The molecule has 0 unspecified atom stereocenters. The van der Waals surface area contributed by atoms with Crippen LogP contribution in [-0.2, 0) is 0 Å². The molecule has 1 aromatic carbocycles. The summed E-state index contributed by atoms with van der Waals surface area (Å²) in [5.41, 5.74) is 7.12. The number of unbranched alkanes of at least 4 members (excludes halogenated alkanes) is 1. The van der Waals surface area contributed by atoms with Gasteiger partial charge in [-0.3, -0.25) is 0 Å². The first-order valence-corrected chi connectivity index (χ1v) is 11.9. The smallest absolute Gasteiger partial charge is 0.236 e. The van der Waals surface area contributed by atoms with E-state index in [4.69, 9.17) is 27.1 Å². The fourth-order valence-electron chi connectivity index (χ4n) is 4.10. The van der Waals surface area contributed by atoms with E-state index in [9.17, 15) is 0 Å². The highest BCUT2D eigenvalue weighted by Gasteiger charge is 2.28. The SMILES string of the molecule is CCCCN(CCC)c1nc(N)nc(N(c2ccc(OC)c(Cl)c2)C2CCN(C)CC2)n1. The standard InChI is InChI=1S/C23H36ClN7O/c1-5-7-13-30(12-6-2)22-26-21(25)27-23(28-22)31(17-10-14-29(3)15-11-17)18-8-9-20(32-4)19(24)16-18/h8-9,16-17H,5-7,10-15H2,1-4H3,(H2,25,26,27,28). The zero-order valence-electron chi connectivity index (χ0n) is 19.7. The molecule has 32 heavy (non-hydrogen) atoms. The molecule has 2 aromatic rings. The van der Waals surface area contributed by atoms with Crippen LogP contribution in [0.4, 0.5) is 23.5 Å². The highest BCUT2D eigenvalue weighted by Crippen LogP contribution is 2.35. The Morgan fingerprint density at radius 2 is 1.81 bits per heavy atom. The van der Waals surface area contributed by atoms with Gasteiger partial charge in [0, 0.05) is 24.8 Å². The Labute approximate surface area is 196 Å². The maximum absolute atomic E-state index is 6.49. The Balaban J connectivity index is 2.04. The number of methoxy groups -OCH3 is 1. The van der Waals surface area contributed by atoms with Crippen LogP contribution in [0.5, 0.6) is 5.75 Å². The van der Waals surface area contributed by atoms with Gasteiger partial charge in [-0.2, -0.15) is 15.0 Å². The molecular formula is C23H36ClN7O. The van der Waals surface area contributed by atoms with E-state index < -0.39 is 0 Å². The molecule has 2 N–H and O–H groups in total. The predicted octanol–water partition coefficient (Wildman–Crippen LogP) is 4.36. The molecule has 3 rings (SSSR count). The number of nitrogen functional groups attached to an aromatic ring is 1. The molecule has 0 atom stereocenters. The van der Waals surface area contributed by atoms with Crippen LogP contribution in [0.15, 0.2) is 18.2 Å². The maximum Gasteiger partial charge on any atom is 0.236 e. The first kappa shape index (κ1) is 24.3. The van der Waals surface area contributed by atoms with Crippen LogP contribution in [-0.4, -0.2) is 66.2 Å². The Kier molecular flexibility index (Phi) is 8.75. The number of hydrogen-bond acceptors (Lipinski definition) is 8. The monoisotopic (exact) mass is 461 g/mol. The van der Waals surface area contributed by atoms with Gasteiger partial charge in [0.25, 0.3) is 0 Å². The van der Waals surface area contributed by atoms with Gasteiger partial charge in [-0.1, -0.05) is 31.9 Å². The molecule has 0 spiro atoms. The predicted molar refractivity (Wildman–Crippen MR) is 132 cm³/mol. The van der Waals surface area contributed by atoms with Crippen molar-refractivity contribution in [2.24, 2.45) is 0 Å². The molecule has 0 radical (unpaired) electrons. The van der Waals surface area contributed by atoms with Crippen molar-refractivity contribution in [1.29, 1.82) is 0 Å². The molecule has 9 heteroatoms. The summed E-state index contributed by atoms with van der Waals surface area (Å²) in [6, 6.07) is 6.04. The van der Waals surface area contributed by atoms with Gasteiger partial charge in [-0.25, -0.2) is 0 Å². The lowest BCUT2D eigenvalue weighted by molar-refractivity contribution is 0.254. The normalized spacial score (nSPS) is 15.0. The summed E-state index contributed by atoms with van der Waals surface area (Å²) in [6.07, 6.45) is 5.19. The van der Waals surface area contributed by atoms with Crippen LogP contribution in [0.1, 0.15) is 46.0 Å². The lowest BCUT2D eigenvalue weighted by Crippen LogP contribution is -2.42. The van der Waals surface area contributed by atoms with E-state index in [-0.39, 0.29) is 12.0 Å². The van der Waals surface area contributed by atoms with Crippen LogP contribution in [0.25, 0.3) is 0 Å². The van der Waals surface area contributed by atoms with E-state index in [1.807, 2.05) is 18.2 Å². The quantitative estimate of drug-likeness (QED) is 0.558.